The first-order valence-corrected chi connectivity index (χ1v) is 8.01. The first kappa shape index (κ1) is 17.4. The molecule has 2 aromatic carbocycles. The molecule has 0 aliphatic heterocycles. The molecule has 0 unspecified atom stereocenters. The van der Waals surface area contributed by atoms with Crippen LogP contribution < -0.4 is 5.32 Å². The molecule has 25 heavy (non-hydrogen) atoms. The fourth-order valence-corrected chi connectivity index (χ4v) is 2.67. The fraction of sp³-hybridized carbons (Fsp3) is 0.118. The summed E-state index contributed by atoms with van der Waals surface area (Å²) in [6.07, 6.45) is 0. The molecule has 1 amide bonds. The molecule has 1 N–H and O–H groups in total. The highest BCUT2D eigenvalue weighted by molar-refractivity contribution is 6.36. The molecule has 1 aromatic heterocycles. The maximum absolute atomic E-state index is 11.6. The summed E-state index contributed by atoms with van der Waals surface area (Å²) < 4.78 is 10.1. The van der Waals surface area contributed by atoms with Crippen LogP contribution in [0.25, 0.3) is 22.8 Å². The van der Waals surface area contributed by atoms with Gasteiger partial charge in [-0.3, -0.25) is 4.79 Å². The van der Waals surface area contributed by atoms with Crippen molar-refractivity contribution in [1.29, 1.82) is 0 Å². The van der Waals surface area contributed by atoms with E-state index in [2.05, 4.69) is 15.5 Å². The summed E-state index contributed by atoms with van der Waals surface area (Å²) in [6, 6.07) is 12.1. The second-order valence-corrected chi connectivity index (χ2v) is 5.95. The van der Waals surface area contributed by atoms with E-state index in [1.807, 2.05) is 6.07 Å². The van der Waals surface area contributed by atoms with E-state index in [0.717, 1.165) is 0 Å². The van der Waals surface area contributed by atoms with Crippen molar-refractivity contribution in [2.45, 2.75) is 0 Å². The lowest BCUT2D eigenvalue weighted by molar-refractivity contribution is -0.119. The molecular weight excluding hydrogens is 365 g/mol. The Morgan fingerprint density at radius 1 is 1.24 bits per heavy atom. The third kappa shape index (κ3) is 4.17. The van der Waals surface area contributed by atoms with Crippen molar-refractivity contribution in [3.63, 3.8) is 0 Å². The van der Waals surface area contributed by atoms with Crippen LogP contribution in [0.4, 0.5) is 5.69 Å². The second-order valence-electron chi connectivity index (χ2n) is 5.11. The first-order chi connectivity index (χ1) is 12.1. The molecule has 3 aromatic rings. The van der Waals surface area contributed by atoms with Crippen LogP contribution in [0.2, 0.25) is 10.0 Å². The van der Waals surface area contributed by atoms with Crippen LogP contribution in [0.3, 0.4) is 0 Å². The predicted molar refractivity (Wildman–Crippen MR) is 95.7 cm³/mol. The Morgan fingerprint density at radius 3 is 2.84 bits per heavy atom. The molecule has 3 rings (SSSR count). The zero-order chi connectivity index (χ0) is 17.8. The van der Waals surface area contributed by atoms with Crippen molar-refractivity contribution in [1.82, 2.24) is 10.1 Å². The summed E-state index contributed by atoms with van der Waals surface area (Å²) in [7, 11) is 1.46. The van der Waals surface area contributed by atoms with Gasteiger partial charge in [-0.15, -0.1) is 0 Å². The second kappa shape index (κ2) is 7.65. The zero-order valence-corrected chi connectivity index (χ0v) is 14.6. The van der Waals surface area contributed by atoms with Crippen molar-refractivity contribution in [3.8, 4) is 22.8 Å². The smallest absolute Gasteiger partial charge is 0.259 e. The Bertz CT molecular complexity index is 912. The quantitative estimate of drug-likeness (QED) is 0.717. The monoisotopic (exact) mass is 377 g/mol. The molecule has 128 valence electrons. The third-order valence-corrected chi connectivity index (χ3v) is 3.82. The number of anilines is 1. The van der Waals surface area contributed by atoms with E-state index in [-0.39, 0.29) is 18.4 Å². The number of amides is 1. The molecule has 0 atom stereocenters. The van der Waals surface area contributed by atoms with Crippen LogP contribution in [-0.2, 0) is 9.53 Å². The topological polar surface area (TPSA) is 77.2 Å². The number of benzene rings is 2. The average molecular weight is 378 g/mol. The number of hydrogen-bond donors (Lipinski definition) is 1. The number of methoxy groups -OCH3 is 1. The van der Waals surface area contributed by atoms with Gasteiger partial charge in [-0.1, -0.05) is 40.5 Å². The van der Waals surface area contributed by atoms with Crippen LogP contribution in [0, 0.1) is 0 Å². The number of hydrogen-bond acceptors (Lipinski definition) is 5. The maximum atomic E-state index is 11.6. The highest BCUT2D eigenvalue weighted by Gasteiger charge is 2.14. The minimum absolute atomic E-state index is 0.0222. The Balaban J connectivity index is 1.86. The Morgan fingerprint density at radius 2 is 2.08 bits per heavy atom. The highest BCUT2D eigenvalue weighted by atomic mass is 35.5. The lowest BCUT2D eigenvalue weighted by Crippen LogP contribution is -2.16. The van der Waals surface area contributed by atoms with Crippen molar-refractivity contribution in [3.05, 3.63) is 52.5 Å². The van der Waals surface area contributed by atoms with Crippen molar-refractivity contribution < 1.29 is 14.1 Å². The lowest BCUT2D eigenvalue weighted by Gasteiger charge is -2.05. The van der Waals surface area contributed by atoms with Gasteiger partial charge in [0.2, 0.25) is 11.7 Å². The summed E-state index contributed by atoms with van der Waals surface area (Å²) >= 11 is 12.1. The van der Waals surface area contributed by atoms with Crippen LogP contribution >= 0.6 is 23.2 Å². The van der Waals surface area contributed by atoms with E-state index in [4.69, 9.17) is 32.5 Å². The highest BCUT2D eigenvalue weighted by Crippen LogP contribution is 2.30. The zero-order valence-electron chi connectivity index (χ0n) is 13.1. The average Bonchev–Trinajstić information content (AvgIpc) is 3.05. The Hall–Kier alpha value is -2.41. The lowest BCUT2D eigenvalue weighted by atomic mass is 10.2. The molecule has 0 fully saturated rings. The molecule has 0 aliphatic carbocycles. The van der Waals surface area contributed by atoms with E-state index in [9.17, 15) is 4.79 Å². The molecule has 0 bridgehead atoms. The van der Waals surface area contributed by atoms with Gasteiger partial charge in [-0.25, -0.2) is 0 Å². The van der Waals surface area contributed by atoms with E-state index >= 15 is 0 Å². The number of carbonyl (C=O) groups is 1. The van der Waals surface area contributed by atoms with Crippen LogP contribution in [0.1, 0.15) is 0 Å². The third-order valence-electron chi connectivity index (χ3n) is 3.27. The predicted octanol–water partition coefficient (Wildman–Crippen LogP) is 4.30. The van der Waals surface area contributed by atoms with Crippen molar-refractivity contribution >= 4 is 34.8 Å². The fourth-order valence-electron chi connectivity index (χ4n) is 2.18. The van der Waals surface area contributed by atoms with E-state index in [1.165, 1.54) is 7.11 Å². The largest absolute Gasteiger partial charge is 0.375 e. The summed E-state index contributed by atoms with van der Waals surface area (Å²) in [4.78, 5) is 16.0. The Labute approximate surface area is 153 Å². The van der Waals surface area contributed by atoms with Gasteiger partial charge in [-0.05, 0) is 30.3 Å². The van der Waals surface area contributed by atoms with E-state index < -0.39 is 0 Å². The number of nitrogens with one attached hydrogen (secondary N) is 1. The normalized spacial score (nSPS) is 10.7. The van der Waals surface area contributed by atoms with Gasteiger partial charge >= 0.3 is 0 Å². The molecule has 0 saturated heterocycles. The number of aromatic nitrogens is 2. The van der Waals surface area contributed by atoms with Crippen LogP contribution in [-0.4, -0.2) is 29.8 Å². The summed E-state index contributed by atoms with van der Waals surface area (Å²) in [6.45, 7) is -0.0222. The molecule has 1 heterocycles. The van der Waals surface area contributed by atoms with Crippen LogP contribution in [0.15, 0.2) is 47.0 Å². The first-order valence-electron chi connectivity index (χ1n) is 7.25. The molecule has 0 spiro atoms. The number of carbonyl (C=O) groups excluding carboxylic acids is 1. The minimum atomic E-state index is -0.249. The van der Waals surface area contributed by atoms with Crippen molar-refractivity contribution in [2.75, 3.05) is 19.0 Å². The molecular formula is C17H13Cl2N3O3. The SMILES string of the molecule is COCC(=O)Nc1cccc(-c2noc(-c3ccc(Cl)cc3Cl)n2)c1. The van der Waals surface area contributed by atoms with Gasteiger partial charge < -0.3 is 14.6 Å². The van der Waals surface area contributed by atoms with Gasteiger partial charge in [0.05, 0.1) is 10.6 Å². The van der Waals surface area contributed by atoms with E-state index in [0.29, 0.717) is 32.7 Å². The maximum Gasteiger partial charge on any atom is 0.259 e. The van der Waals surface area contributed by atoms with Gasteiger partial charge in [0.1, 0.15) is 6.61 Å². The number of halogens is 2. The molecule has 0 radical (unpaired) electrons. The van der Waals surface area contributed by atoms with Crippen molar-refractivity contribution in [2.24, 2.45) is 0 Å². The molecule has 8 heteroatoms. The molecule has 6 nitrogen and oxygen atoms in total. The van der Waals surface area contributed by atoms with Gasteiger partial charge in [0.15, 0.2) is 0 Å². The number of nitrogens with zero attached hydrogens (tertiary/aromatic N) is 2. The summed E-state index contributed by atoms with van der Waals surface area (Å²) in [5, 5.41) is 7.63. The van der Waals surface area contributed by atoms with E-state index in [1.54, 1.807) is 36.4 Å². The van der Waals surface area contributed by atoms with Gasteiger partial charge in [0, 0.05) is 23.4 Å². The molecule has 0 saturated carbocycles. The molecule has 0 aliphatic rings. The van der Waals surface area contributed by atoms with Crippen LogP contribution in [0.5, 0.6) is 0 Å². The van der Waals surface area contributed by atoms with Gasteiger partial charge in [-0.2, -0.15) is 4.98 Å². The van der Waals surface area contributed by atoms with Gasteiger partial charge in [0.25, 0.3) is 5.89 Å². The minimum Gasteiger partial charge on any atom is -0.375 e. The number of rotatable bonds is 5. The standard InChI is InChI=1S/C17H13Cl2N3O3/c1-24-9-15(23)20-12-4-2-3-10(7-12)16-21-17(25-22-16)13-6-5-11(18)8-14(13)19/h2-8H,9H2,1H3,(H,20,23). The summed E-state index contributed by atoms with van der Waals surface area (Å²) in [5.74, 6) is 0.413. The Kier molecular flexibility index (Phi) is 5.33. The number of ether oxygens (including phenoxy) is 1. The summed E-state index contributed by atoms with van der Waals surface area (Å²) in [5.41, 5.74) is 1.89.